The van der Waals surface area contributed by atoms with Gasteiger partial charge in [-0.25, -0.2) is 0 Å². The Hall–Kier alpha value is -0.790. The van der Waals surface area contributed by atoms with Crippen LogP contribution >= 0.6 is 15.9 Å². The molecule has 1 rings (SSSR count). The van der Waals surface area contributed by atoms with Crippen LogP contribution in [0, 0.1) is 18.3 Å². The number of nitriles is 1. The Bertz CT molecular complexity index is 432. The Morgan fingerprint density at radius 3 is 2.65 bits per heavy atom. The molecule has 17 heavy (non-hydrogen) atoms. The van der Waals surface area contributed by atoms with Crippen molar-refractivity contribution < 1.29 is 4.74 Å². The number of hydrogen-bond donors (Lipinski definition) is 0. The fourth-order valence-electron chi connectivity index (χ4n) is 2.00. The summed E-state index contributed by atoms with van der Waals surface area (Å²) in [5, 5.41) is 9.19. The maximum absolute atomic E-state index is 9.19. The molecule has 0 bridgehead atoms. The summed E-state index contributed by atoms with van der Waals surface area (Å²) in [4.78, 5) is 0. The zero-order valence-corrected chi connectivity index (χ0v) is 12.5. The third kappa shape index (κ3) is 2.72. The van der Waals surface area contributed by atoms with Crippen LogP contribution in [0.4, 0.5) is 0 Å². The minimum Gasteiger partial charge on any atom is -0.383 e. The number of halogens is 1. The van der Waals surface area contributed by atoms with Crippen LogP contribution < -0.4 is 0 Å². The highest BCUT2D eigenvalue weighted by Crippen LogP contribution is 2.34. The Balaban J connectivity index is 3.29. The van der Waals surface area contributed by atoms with Crippen molar-refractivity contribution in [2.75, 3.05) is 13.7 Å². The second-order valence-electron chi connectivity index (χ2n) is 4.23. The maximum atomic E-state index is 9.19. The average molecular weight is 299 g/mol. The molecule has 1 aromatic rings. The number of nitrogens with zero attached hydrogens (tertiary/aromatic N) is 2. The third-order valence-corrected chi connectivity index (χ3v) is 4.01. The minimum absolute atomic E-state index is 0.432. The fourth-order valence-corrected chi connectivity index (χ4v) is 2.98. The van der Waals surface area contributed by atoms with Crippen LogP contribution in [0.15, 0.2) is 4.47 Å². The molecule has 0 saturated carbocycles. The van der Waals surface area contributed by atoms with Crippen molar-refractivity contribution in [1.29, 1.82) is 5.26 Å². The third-order valence-electron chi connectivity index (χ3n) is 3.21. The van der Waals surface area contributed by atoms with Gasteiger partial charge in [-0.05, 0) is 35.2 Å². The van der Waals surface area contributed by atoms with Gasteiger partial charge in [0.15, 0.2) is 0 Å². The van der Waals surface area contributed by atoms with Gasteiger partial charge in [-0.3, -0.25) is 0 Å². The SMILES string of the molecule is CCC(C)c1c(Br)c(C#N)c(C)n1CCOC. The van der Waals surface area contributed by atoms with Gasteiger partial charge in [-0.15, -0.1) is 0 Å². The first-order valence-corrected chi connectivity index (χ1v) is 6.65. The molecule has 0 N–H and O–H groups in total. The Labute approximate surface area is 112 Å². The van der Waals surface area contributed by atoms with Crippen LogP contribution in [0.25, 0.3) is 0 Å². The highest BCUT2D eigenvalue weighted by atomic mass is 79.9. The lowest BCUT2D eigenvalue weighted by molar-refractivity contribution is 0.185. The first-order chi connectivity index (χ1) is 8.08. The molecule has 0 amide bonds. The van der Waals surface area contributed by atoms with Gasteiger partial charge in [0, 0.05) is 25.0 Å². The zero-order chi connectivity index (χ0) is 13.0. The molecular formula is C13H19BrN2O. The van der Waals surface area contributed by atoms with E-state index in [1.54, 1.807) is 7.11 Å². The van der Waals surface area contributed by atoms with Crippen LogP contribution in [0.1, 0.15) is 43.1 Å². The summed E-state index contributed by atoms with van der Waals surface area (Å²) in [6.07, 6.45) is 1.06. The van der Waals surface area contributed by atoms with Gasteiger partial charge >= 0.3 is 0 Å². The first-order valence-electron chi connectivity index (χ1n) is 5.85. The van der Waals surface area contributed by atoms with E-state index in [1.165, 1.54) is 5.69 Å². The van der Waals surface area contributed by atoms with Crippen molar-refractivity contribution in [2.45, 2.75) is 39.7 Å². The number of ether oxygens (including phenoxy) is 1. The molecule has 0 aromatic carbocycles. The van der Waals surface area contributed by atoms with Crippen LogP contribution in [0.5, 0.6) is 0 Å². The van der Waals surface area contributed by atoms with Crippen molar-refractivity contribution in [3.63, 3.8) is 0 Å². The van der Waals surface area contributed by atoms with E-state index in [9.17, 15) is 5.26 Å². The molecule has 0 spiro atoms. The fraction of sp³-hybridized carbons (Fsp3) is 0.615. The van der Waals surface area contributed by atoms with Gasteiger partial charge in [0.25, 0.3) is 0 Å². The van der Waals surface area contributed by atoms with Crippen molar-refractivity contribution in [2.24, 2.45) is 0 Å². The van der Waals surface area contributed by atoms with Gasteiger partial charge in [0.1, 0.15) is 6.07 Å². The second kappa shape index (κ2) is 6.23. The van der Waals surface area contributed by atoms with Crippen molar-refractivity contribution in [3.8, 4) is 6.07 Å². The van der Waals surface area contributed by atoms with E-state index in [4.69, 9.17) is 4.74 Å². The van der Waals surface area contributed by atoms with Crippen LogP contribution in [-0.4, -0.2) is 18.3 Å². The number of rotatable bonds is 5. The Morgan fingerprint density at radius 1 is 1.53 bits per heavy atom. The molecule has 0 aliphatic carbocycles. The molecular weight excluding hydrogens is 280 g/mol. The van der Waals surface area contributed by atoms with Gasteiger partial charge in [0.05, 0.1) is 16.6 Å². The van der Waals surface area contributed by atoms with Crippen LogP contribution in [0.2, 0.25) is 0 Å². The predicted octanol–water partition coefficient (Wildman–Crippen LogP) is 3.59. The molecule has 1 aromatic heterocycles. The summed E-state index contributed by atoms with van der Waals surface area (Å²) < 4.78 is 8.27. The first kappa shape index (κ1) is 14.3. The molecule has 0 aliphatic heterocycles. The smallest absolute Gasteiger partial charge is 0.102 e. The zero-order valence-electron chi connectivity index (χ0n) is 10.9. The Kier molecular flexibility index (Phi) is 5.23. The molecule has 1 heterocycles. The molecule has 94 valence electrons. The summed E-state index contributed by atoms with van der Waals surface area (Å²) in [5.41, 5.74) is 2.97. The molecule has 4 heteroatoms. The van der Waals surface area contributed by atoms with E-state index in [-0.39, 0.29) is 0 Å². The van der Waals surface area contributed by atoms with E-state index in [1.807, 2.05) is 6.92 Å². The summed E-state index contributed by atoms with van der Waals surface area (Å²) in [6.45, 7) is 7.79. The van der Waals surface area contributed by atoms with Crippen LogP contribution in [0.3, 0.4) is 0 Å². The highest BCUT2D eigenvalue weighted by molar-refractivity contribution is 9.10. The topological polar surface area (TPSA) is 38.0 Å². The molecule has 3 nitrogen and oxygen atoms in total. The predicted molar refractivity (Wildman–Crippen MR) is 72.2 cm³/mol. The molecule has 0 radical (unpaired) electrons. The van der Waals surface area contributed by atoms with E-state index in [0.29, 0.717) is 12.5 Å². The quantitative estimate of drug-likeness (QED) is 0.833. The monoisotopic (exact) mass is 298 g/mol. The normalized spacial score (nSPS) is 12.5. The van der Waals surface area contributed by atoms with E-state index < -0.39 is 0 Å². The lowest BCUT2D eigenvalue weighted by Gasteiger charge is -2.16. The van der Waals surface area contributed by atoms with Gasteiger partial charge in [-0.2, -0.15) is 5.26 Å². The number of hydrogen-bond acceptors (Lipinski definition) is 2. The van der Waals surface area contributed by atoms with Crippen molar-refractivity contribution in [1.82, 2.24) is 4.57 Å². The lowest BCUT2D eigenvalue weighted by Crippen LogP contribution is -2.11. The molecule has 1 unspecified atom stereocenters. The minimum atomic E-state index is 0.432. The largest absolute Gasteiger partial charge is 0.383 e. The molecule has 0 saturated heterocycles. The summed E-state index contributed by atoms with van der Waals surface area (Å²) in [7, 11) is 1.70. The summed E-state index contributed by atoms with van der Waals surface area (Å²) in [6, 6.07) is 2.27. The van der Waals surface area contributed by atoms with Crippen LogP contribution in [-0.2, 0) is 11.3 Å². The van der Waals surface area contributed by atoms with Crippen molar-refractivity contribution >= 4 is 15.9 Å². The number of aromatic nitrogens is 1. The summed E-state index contributed by atoms with van der Waals surface area (Å²) in [5.74, 6) is 0.432. The lowest BCUT2D eigenvalue weighted by atomic mass is 10.0. The van der Waals surface area contributed by atoms with E-state index in [0.717, 1.165) is 28.7 Å². The highest BCUT2D eigenvalue weighted by Gasteiger charge is 2.21. The van der Waals surface area contributed by atoms with Gasteiger partial charge in [-0.1, -0.05) is 13.8 Å². The summed E-state index contributed by atoms with van der Waals surface area (Å²) >= 11 is 3.56. The molecule has 0 fully saturated rings. The van der Waals surface area contributed by atoms with E-state index in [2.05, 4.69) is 40.4 Å². The molecule has 1 atom stereocenters. The number of methoxy groups -OCH3 is 1. The molecule has 0 aliphatic rings. The van der Waals surface area contributed by atoms with Crippen molar-refractivity contribution in [3.05, 3.63) is 21.4 Å². The maximum Gasteiger partial charge on any atom is 0.102 e. The standard InChI is InChI=1S/C13H19BrN2O/c1-5-9(2)13-12(14)11(8-15)10(3)16(13)6-7-17-4/h9H,5-7H2,1-4H3. The van der Waals surface area contributed by atoms with Gasteiger partial charge < -0.3 is 9.30 Å². The Morgan fingerprint density at radius 2 is 2.18 bits per heavy atom. The average Bonchev–Trinajstić information content (AvgIpc) is 2.56. The van der Waals surface area contributed by atoms with E-state index >= 15 is 0 Å². The second-order valence-corrected chi connectivity index (χ2v) is 5.02. The van der Waals surface area contributed by atoms with Gasteiger partial charge in [0.2, 0.25) is 0 Å².